The highest BCUT2D eigenvalue weighted by atomic mass is 16.5. The zero-order valence-electron chi connectivity index (χ0n) is 14.9. The third-order valence-corrected chi connectivity index (χ3v) is 4.53. The minimum Gasteiger partial charge on any atom is -0.383 e. The van der Waals surface area contributed by atoms with Crippen LogP contribution in [0.2, 0.25) is 0 Å². The van der Waals surface area contributed by atoms with Crippen LogP contribution >= 0.6 is 0 Å². The van der Waals surface area contributed by atoms with Gasteiger partial charge in [-0.05, 0) is 36.6 Å². The molecule has 1 fully saturated rings. The van der Waals surface area contributed by atoms with E-state index in [4.69, 9.17) is 4.74 Å². The van der Waals surface area contributed by atoms with Crippen molar-refractivity contribution in [1.29, 1.82) is 0 Å². The number of nitrogens with one attached hydrogen (secondary N) is 1. The summed E-state index contributed by atoms with van der Waals surface area (Å²) in [6.45, 7) is 1.50. The minimum absolute atomic E-state index is 0.111. The number of likely N-dealkylation sites (tertiary alicyclic amines) is 1. The molecule has 2 heterocycles. The molecule has 1 N–H and O–H groups in total. The van der Waals surface area contributed by atoms with Crippen molar-refractivity contribution in [3.63, 3.8) is 0 Å². The van der Waals surface area contributed by atoms with Crippen molar-refractivity contribution in [3.8, 4) is 11.1 Å². The SMILES string of the molecule is COCCNC(=O)C1CCCN1C(=O)c1cccc(-c2cccnc2)c1. The Morgan fingerprint density at radius 2 is 2.12 bits per heavy atom. The smallest absolute Gasteiger partial charge is 0.254 e. The lowest BCUT2D eigenvalue weighted by atomic mass is 10.0. The maximum absolute atomic E-state index is 13.0. The third kappa shape index (κ3) is 4.08. The number of carbonyl (C=O) groups excluding carboxylic acids is 2. The second-order valence-electron chi connectivity index (χ2n) is 6.26. The van der Waals surface area contributed by atoms with Gasteiger partial charge in [0.25, 0.3) is 5.91 Å². The van der Waals surface area contributed by atoms with Crippen molar-refractivity contribution in [3.05, 3.63) is 54.4 Å². The zero-order chi connectivity index (χ0) is 18.4. The van der Waals surface area contributed by atoms with E-state index in [1.807, 2.05) is 30.3 Å². The Hall–Kier alpha value is -2.73. The van der Waals surface area contributed by atoms with E-state index in [1.54, 1.807) is 30.5 Å². The van der Waals surface area contributed by atoms with Crippen LogP contribution in [0.5, 0.6) is 0 Å². The molecule has 2 aromatic rings. The van der Waals surface area contributed by atoms with Crippen LogP contribution in [-0.2, 0) is 9.53 Å². The number of rotatable bonds is 6. The highest BCUT2D eigenvalue weighted by Gasteiger charge is 2.34. The van der Waals surface area contributed by atoms with E-state index < -0.39 is 6.04 Å². The standard InChI is InChI=1S/C20H23N3O3/c1-26-12-10-22-19(24)18-8-4-11-23(18)20(25)16-6-2-5-15(13-16)17-7-3-9-21-14-17/h2-3,5-7,9,13-14,18H,4,8,10-12H2,1H3,(H,22,24). The Kier molecular flexibility index (Phi) is 5.96. The molecular formula is C20H23N3O3. The predicted octanol–water partition coefficient (Wildman–Crippen LogP) is 2.12. The monoisotopic (exact) mass is 353 g/mol. The number of pyridine rings is 1. The summed E-state index contributed by atoms with van der Waals surface area (Å²) < 4.78 is 4.95. The summed E-state index contributed by atoms with van der Waals surface area (Å²) in [5.41, 5.74) is 2.48. The van der Waals surface area contributed by atoms with E-state index in [-0.39, 0.29) is 11.8 Å². The average molecular weight is 353 g/mol. The Bertz CT molecular complexity index is 764. The zero-order valence-corrected chi connectivity index (χ0v) is 14.9. The van der Waals surface area contributed by atoms with Crippen LogP contribution in [-0.4, -0.2) is 54.5 Å². The molecule has 0 saturated carbocycles. The fraction of sp³-hybridized carbons (Fsp3) is 0.350. The first-order chi connectivity index (χ1) is 12.7. The van der Waals surface area contributed by atoms with Gasteiger partial charge in [-0.1, -0.05) is 18.2 Å². The molecule has 0 aliphatic carbocycles. The van der Waals surface area contributed by atoms with Crippen LogP contribution in [0.25, 0.3) is 11.1 Å². The number of amides is 2. The maximum Gasteiger partial charge on any atom is 0.254 e. The van der Waals surface area contributed by atoms with Gasteiger partial charge < -0.3 is 15.0 Å². The Labute approximate surface area is 153 Å². The number of methoxy groups -OCH3 is 1. The van der Waals surface area contributed by atoms with Gasteiger partial charge in [-0.2, -0.15) is 0 Å². The van der Waals surface area contributed by atoms with E-state index in [2.05, 4.69) is 10.3 Å². The first-order valence-corrected chi connectivity index (χ1v) is 8.79. The first kappa shape index (κ1) is 18.1. The molecular weight excluding hydrogens is 330 g/mol. The van der Waals surface area contributed by atoms with Crippen LogP contribution < -0.4 is 5.32 Å². The topological polar surface area (TPSA) is 71.5 Å². The number of hydrogen-bond acceptors (Lipinski definition) is 4. The van der Waals surface area contributed by atoms with Crippen molar-refractivity contribution in [2.45, 2.75) is 18.9 Å². The summed E-state index contributed by atoms with van der Waals surface area (Å²) in [5.74, 6) is -0.226. The van der Waals surface area contributed by atoms with Gasteiger partial charge in [0, 0.05) is 43.7 Å². The molecule has 2 amide bonds. The van der Waals surface area contributed by atoms with Crippen molar-refractivity contribution >= 4 is 11.8 Å². The molecule has 1 atom stereocenters. The van der Waals surface area contributed by atoms with Gasteiger partial charge >= 0.3 is 0 Å². The van der Waals surface area contributed by atoms with Crippen LogP contribution in [0.3, 0.4) is 0 Å². The summed E-state index contributed by atoms with van der Waals surface area (Å²) in [6.07, 6.45) is 5.00. The van der Waals surface area contributed by atoms with Gasteiger partial charge in [-0.25, -0.2) is 0 Å². The summed E-state index contributed by atoms with van der Waals surface area (Å²) in [5, 5.41) is 2.83. The molecule has 0 radical (unpaired) electrons. The van der Waals surface area contributed by atoms with Crippen LogP contribution in [0.4, 0.5) is 0 Å². The van der Waals surface area contributed by atoms with Gasteiger partial charge in [0.15, 0.2) is 0 Å². The molecule has 1 saturated heterocycles. The number of nitrogens with zero attached hydrogens (tertiary/aromatic N) is 2. The van der Waals surface area contributed by atoms with Gasteiger partial charge in [-0.3, -0.25) is 14.6 Å². The molecule has 1 aliphatic rings. The van der Waals surface area contributed by atoms with Gasteiger partial charge in [0.1, 0.15) is 6.04 Å². The Morgan fingerprint density at radius 1 is 1.27 bits per heavy atom. The summed E-state index contributed by atoms with van der Waals surface area (Å²) in [6, 6.07) is 10.9. The second-order valence-corrected chi connectivity index (χ2v) is 6.26. The largest absolute Gasteiger partial charge is 0.383 e. The second kappa shape index (κ2) is 8.58. The van der Waals surface area contributed by atoms with E-state index in [9.17, 15) is 9.59 Å². The van der Waals surface area contributed by atoms with Crippen LogP contribution in [0.1, 0.15) is 23.2 Å². The van der Waals surface area contributed by atoms with Crippen molar-refractivity contribution in [2.75, 3.05) is 26.8 Å². The van der Waals surface area contributed by atoms with Gasteiger partial charge in [-0.15, -0.1) is 0 Å². The molecule has 3 rings (SSSR count). The van der Waals surface area contributed by atoms with E-state index in [1.165, 1.54) is 0 Å². The third-order valence-electron chi connectivity index (χ3n) is 4.53. The van der Waals surface area contributed by atoms with Crippen molar-refractivity contribution < 1.29 is 14.3 Å². The highest BCUT2D eigenvalue weighted by molar-refractivity contribution is 5.98. The molecule has 1 aromatic heterocycles. The lowest BCUT2D eigenvalue weighted by molar-refractivity contribution is -0.125. The molecule has 1 aromatic carbocycles. The molecule has 136 valence electrons. The molecule has 6 heteroatoms. The number of benzene rings is 1. The molecule has 26 heavy (non-hydrogen) atoms. The maximum atomic E-state index is 13.0. The number of aromatic nitrogens is 1. The molecule has 0 spiro atoms. The fourth-order valence-electron chi connectivity index (χ4n) is 3.21. The summed E-state index contributed by atoms with van der Waals surface area (Å²) >= 11 is 0. The van der Waals surface area contributed by atoms with E-state index in [0.717, 1.165) is 17.5 Å². The van der Waals surface area contributed by atoms with E-state index in [0.29, 0.717) is 31.7 Å². The van der Waals surface area contributed by atoms with Crippen molar-refractivity contribution in [1.82, 2.24) is 15.2 Å². The Balaban J connectivity index is 1.75. The van der Waals surface area contributed by atoms with Crippen LogP contribution in [0.15, 0.2) is 48.8 Å². The van der Waals surface area contributed by atoms with Gasteiger partial charge in [0.2, 0.25) is 5.91 Å². The fourth-order valence-corrected chi connectivity index (χ4v) is 3.21. The highest BCUT2D eigenvalue weighted by Crippen LogP contribution is 2.24. The summed E-state index contributed by atoms with van der Waals surface area (Å²) in [7, 11) is 1.59. The quantitative estimate of drug-likeness (QED) is 0.808. The van der Waals surface area contributed by atoms with Gasteiger partial charge in [0.05, 0.1) is 6.61 Å². The number of ether oxygens (including phenoxy) is 1. The Morgan fingerprint density at radius 3 is 2.88 bits per heavy atom. The number of hydrogen-bond donors (Lipinski definition) is 1. The average Bonchev–Trinajstić information content (AvgIpc) is 3.18. The van der Waals surface area contributed by atoms with E-state index >= 15 is 0 Å². The van der Waals surface area contributed by atoms with Crippen LogP contribution in [0, 0.1) is 0 Å². The summed E-state index contributed by atoms with van der Waals surface area (Å²) in [4.78, 5) is 31.2. The normalized spacial score (nSPS) is 16.5. The molecule has 6 nitrogen and oxygen atoms in total. The lowest BCUT2D eigenvalue weighted by Gasteiger charge is -2.24. The lowest BCUT2D eigenvalue weighted by Crippen LogP contribution is -2.46. The predicted molar refractivity (Wildman–Crippen MR) is 98.6 cm³/mol. The van der Waals surface area contributed by atoms with Crippen molar-refractivity contribution in [2.24, 2.45) is 0 Å². The number of carbonyl (C=O) groups is 2. The molecule has 0 bridgehead atoms. The minimum atomic E-state index is -0.415. The molecule has 1 aliphatic heterocycles. The first-order valence-electron chi connectivity index (χ1n) is 8.79. The molecule has 1 unspecified atom stereocenters.